The topological polar surface area (TPSA) is 63.5 Å². The van der Waals surface area contributed by atoms with Crippen molar-refractivity contribution in [2.75, 3.05) is 25.0 Å². The highest BCUT2D eigenvalue weighted by Gasteiger charge is 2.28. The summed E-state index contributed by atoms with van der Waals surface area (Å²) in [4.78, 5) is 25.4. The van der Waals surface area contributed by atoms with E-state index in [9.17, 15) is 4.79 Å². The molecule has 0 unspecified atom stereocenters. The van der Waals surface area contributed by atoms with Gasteiger partial charge in [-0.05, 0) is 63.1 Å². The van der Waals surface area contributed by atoms with Crippen LogP contribution in [0.3, 0.4) is 0 Å². The molecule has 3 heterocycles. The largest absolute Gasteiger partial charge is 0.444 e. The molecule has 1 aliphatic heterocycles. The van der Waals surface area contributed by atoms with E-state index >= 15 is 0 Å². The first kappa shape index (κ1) is 23.1. The summed E-state index contributed by atoms with van der Waals surface area (Å²) < 4.78 is 7.55. The molecule has 0 aliphatic carbocycles. The lowest BCUT2D eigenvalue weighted by Crippen LogP contribution is -2.41. The van der Waals surface area contributed by atoms with Gasteiger partial charge in [0.2, 0.25) is 0 Å². The van der Waals surface area contributed by atoms with Crippen molar-refractivity contribution < 1.29 is 9.53 Å². The van der Waals surface area contributed by atoms with Crippen molar-refractivity contribution in [1.29, 1.82) is 0 Å². The Kier molecular flexibility index (Phi) is 6.32. The highest BCUT2D eigenvalue weighted by molar-refractivity contribution is 5.79. The molecule has 7 heteroatoms. The molecule has 1 aliphatic rings. The number of rotatable bonds is 4. The molecule has 3 aromatic rings. The van der Waals surface area contributed by atoms with Crippen LogP contribution in [0, 0.1) is 0 Å². The van der Waals surface area contributed by atoms with Crippen LogP contribution in [0.1, 0.15) is 57.6 Å². The molecular weight excluding hydrogens is 414 g/mol. The minimum atomic E-state index is -0.456. The fourth-order valence-corrected chi connectivity index (χ4v) is 4.52. The molecular formula is C26H35N5O2. The fourth-order valence-electron chi connectivity index (χ4n) is 4.52. The van der Waals surface area contributed by atoms with Crippen molar-refractivity contribution in [2.24, 2.45) is 7.05 Å². The zero-order valence-electron chi connectivity index (χ0n) is 20.6. The maximum Gasteiger partial charge on any atom is 0.410 e. The van der Waals surface area contributed by atoms with Crippen LogP contribution in [0.5, 0.6) is 0 Å². The summed E-state index contributed by atoms with van der Waals surface area (Å²) in [5, 5.41) is 0. The SMILES string of the molecule is CCc1cc(C2CCN(C(=O)OC(C)(C)C)CC2)ccc1N(C)c1cc2c(cn1)ncn2C. The number of nitrogens with zero attached hydrogens (tertiary/aromatic N) is 5. The van der Waals surface area contributed by atoms with Gasteiger partial charge in [-0.2, -0.15) is 0 Å². The van der Waals surface area contributed by atoms with Crippen LogP contribution >= 0.6 is 0 Å². The number of aromatic nitrogens is 3. The van der Waals surface area contributed by atoms with Crippen LogP contribution in [-0.4, -0.2) is 51.3 Å². The minimum absolute atomic E-state index is 0.204. The molecule has 33 heavy (non-hydrogen) atoms. The first-order valence-electron chi connectivity index (χ1n) is 11.8. The van der Waals surface area contributed by atoms with Gasteiger partial charge in [0.05, 0.1) is 18.0 Å². The number of piperidine rings is 1. The van der Waals surface area contributed by atoms with E-state index in [4.69, 9.17) is 4.74 Å². The number of fused-ring (bicyclic) bond motifs is 1. The van der Waals surface area contributed by atoms with E-state index < -0.39 is 5.60 Å². The van der Waals surface area contributed by atoms with E-state index in [0.717, 1.165) is 49.2 Å². The molecule has 7 nitrogen and oxygen atoms in total. The number of hydrogen-bond acceptors (Lipinski definition) is 5. The Labute approximate surface area is 196 Å². The summed E-state index contributed by atoms with van der Waals surface area (Å²) in [5.74, 6) is 1.36. The summed E-state index contributed by atoms with van der Waals surface area (Å²) in [5.41, 5.74) is 5.33. The highest BCUT2D eigenvalue weighted by atomic mass is 16.6. The second-order valence-electron chi connectivity index (χ2n) is 9.93. The Bertz CT molecular complexity index is 1140. The van der Waals surface area contributed by atoms with Gasteiger partial charge in [-0.15, -0.1) is 0 Å². The molecule has 1 amide bonds. The van der Waals surface area contributed by atoms with Crippen LogP contribution in [0.15, 0.2) is 36.8 Å². The molecule has 1 aromatic carbocycles. The van der Waals surface area contributed by atoms with Crippen LogP contribution in [0.4, 0.5) is 16.3 Å². The number of ether oxygens (including phenoxy) is 1. The quantitative estimate of drug-likeness (QED) is 0.533. The van der Waals surface area contributed by atoms with Crippen LogP contribution in [-0.2, 0) is 18.2 Å². The number of carbonyl (C=O) groups is 1. The van der Waals surface area contributed by atoms with Gasteiger partial charge in [-0.3, -0.25) is 0 Å². The average Bonchev–Trinajstić information content (AvgIpc) is 3.17. The highest BCUT2D eigenvalue weighted by Crippen LogP contribution is 2.34. The molecule has 0 bridgehead atoms. The molecule has 1 fully saturated rings. The summed E-state index contributed by atoms with van der Waals surface area (Å²) in [7, 11) is 4.07. The number of carbonyl (C=O) groups excluding carboxylic acids is 1. The third-order valence-corrected chi connectivity index (χ3v) is 6.40. The second-order valence-corrected chi connectivity index (χ2v) is 9.93. The molecule has 0 spiro atoms. The summed E-state index contributed by atoms with van der Waals surface area (Å²) in [6.45, 7) is 9.39. The Morgan fingerprint density at radius 1 is 1.18 bits per heavy atom. The van der Waals surface area contributed by atoms with Crippen LogP contribution in [0.25, 0.3) is 11.0 Å². The number of benzene rings is 1. The zero-order valence-corrected chi connectivity index (χ0v) is 20.6. The fraction of sp³-hybridized carbons (Fsp3) is 0.500. The average molecular weight is 450 g/mol. The normalized spacial score (nSPS) is 15.2. The summed E-state index contributed by atoms with van der Waals surface area (Å²) in [6.07, 6.45) is 6.30. The Hall–Kier alpha value is -3.09. The summed E-state index contributed by atoms with van der Waals surface area (Å²) >= 11 is 0. The van der Waals surface area contributed by atoms with Gasteiger partial charge in [-0.25, -0.2) is 14.8 Å². The van der Waals surface area contributed by atoms with Gasteiger partial charge in [-0.1, -0.05) is 19.1 Å². The van der Waals surface area contributed by atoms with Gasteiger partial charge in [0, 0.05) is 38.9 Å². The van der Waals surface area contributed by atoms with E-state index in [1.165, 1.54) is 16.8 Å². The molecule has 0 saturated carbocycles. The Morgan fingerprint density at radius 2 is 1.91 bits per heavy atom. The van der Waals surface area contributed by atoms with Gasteiger partial charge in [0.15, 0.2) is 0 Å². The maximum atomic E-state index is 12.4. The lowest BCUT2D eigenvalue weighted by atomic mass is 9.88. The molecule has 176 valence electrons. The minimum Gasteiger partial charge on any atom is -0.444 e. The maximum absolute atomic E-state index is 12.4. The third kappa shape index (κ3) is 4.97. The van der Waals surface area contributed by atoms with Gasteiger partial charge in [0.25, 0.3) is 0 Å². The standard InChI is InChI=1S/C26H35N5O2/c1-7-18-14-20(19-10-12-31(13-11-19)25(32)33-26(2,3)4)8-9-22(18)30(6)24-15-23-21(16-27-24)28-17-29(23)5/h8-9,14-17,19H,7,10-13H2,1-6H3. The number of hydrogen-bond donors (Lipinski definition) is 0. The van der Waals surface area contributed by atoms with E-state index in [0.29, 0.717) is 5.92 Å². The Morgan fingerprint density at radius 3 is 2.58 bits per heavy atom. The predicted octanol–water partition coefficient (Wildman–Crippen LogP) is 5.41. The first-order valence-corrected chi connectivity index (χ1v) is 11.8. The van der Waals surface area contributed by atoms with E-state index in [1.54, 1.807) is 0 Å². The lowest BCUT2D eigenvalue weighted by Gasteiger charge is -2.34. The molecule has 0 atom stereocenters. The van der Waals surface area contributed by atoms with E-state index in [2.05, 4.69) is 53.1 Å². The number of anilines is 2. The van der Waals surface area contributed by atoms with E-state index in [-0.39, 0.29) is 6.09 Å². The van der Waals surface area contributed by atoms with Crippen molar-refractivity contribution in [1.82, 2.24) is 19.4 Å². The van der Waals surface area contributed by atoms with E-state index in [1.807, 2.05) is 49.8 Å². The zero-order chi connectivity index (χ0) is 23.8. The lowest BCUT2D eigenvalue weighted by molar-refractivity contribution is 0.0205. The van der Waals surface area contributed by atoms with Crippen molar-refractivity contribution >= 4 is 28.6 Å². The monoisotopic (exact) mass is 449 g/mol. The Balaban J connectivity index is 1.49. The number of amides is 1. The number of likely N-dealkylation sites (tertiary alicyclic amines) is 1. The molecule has 2 aromatic heterocycles. The van der Waals surface area contributed by atoms with Crippen LogP contribution in [0.2, 0.25) is 0 Å². The first-order chi connectivity index (χ1) is 15.7. The second kappa shape index (κ2) is 9.04. The smallest absolute Gasteiger partial charge is 0.410 e. The number of imidazole rings is 1. The molecule has 1 saturated heterocycles. The van der Waals surface area contributed by atoms with Gasteiger partial charge in [0.1, 0.15) is 16.9 Å². The van der Waals surface area contributed by atoms with Crippen molar-refractivity contribution in [2.45, 2.75) is 58.5 Å². The molecule has 0 N–H and O–H groups in total. The van der Waals surface area contributed by atoms with Crippen molar-refractivity contribution in [3.63, 3.8) is 0 Å². The number of aryl methyl sites for hydroxylation is 2. The van der Waals surface area contributed by atoms with Gasteiger partial charge >= 0.3 is 6.09 Å². The van der Waals surface area contributed by atoms with Crippen molar-refractivity contribution in [3.8, 4) is 0 Å². The third-order valence-electron chi connectivity index (χ3n) is 6.40. The van der Waals surface area contributed by atoms with Gasteiger partial charge < -0.3 is 19.1 Å². The number of pyridine rings is 1. The molecule has 4 rings (SSSR count). The van der Waals surface area contributed by atoms with Crippen LogP contribution < -0.4 is 4.90 Å². The summed E-state index contributed by atoms with van der Waals surface area (Å²) in [6, 6.07) is 8.87. The molecule has 0 radical (unpaired) electrons. The predicted molar refractivity (Wildman–Crippen MR) is 132 cm³/mol. The van der Waals surface area contributed by atoms with Crippen molar-refractivity contribution in [3.05, 3.63) is 47.9 Å².